The zero-order valence-electron chi connectivity index (χ0n) is 15.1. The Kier molecular flexibility index (Phi) is 4.80. The first-order valence-electron chi connectivity index (χ1n) is 9.23. The van der Waals surface area contributed by atoms with E-state index in [0.29, 0.717) is 32.0 Å². The van der Waals surface area contributed by atoms with E-state index in [-0.39, 0.29) is 5.91 Å². The maximum atomic E-state index is 13.0. The molecule has 0 atom stereocenters. The minimum atomic E-state index is 0.0667. The van der Waals surface area contributed by atoms with Gasteiger partial charge in [-0.25, -0.2) is 0 Å². The summed E-state index contributed by atoms with van der Waals surface area (Å²) in [6, 6.07) is 14.4. The van der Waals surface area contributed by atoms with Crippen LogP contribution in [-0.4, -0.2) is 41.7 Å². The fourth-order valence-corrected chi connectivity index (χ4v) is 3.60. The molecule has 1 aliphatic heterocycles. The molecule has 2 aromatic heterocycles. The quantitative estimate of drug-likeness (QED) is 0.704. The number of morpholine rings is 1. The van der Waals surface area contributed by atoms with Crippen LogP contribution >= 0.6 is 0 Å². The number of amides is 1. The van der Waals surface area contributed by atoms with Gasteiger partial charge in [0, 0.05) is 31.8 Å². The summed E-state index contributed by atoms with van der Waals surface area (Å²) in [6.45, 7) is 5.24. The molecule has 0 saturated carbocycles. The van der Waals surface area contributed by atoms with Gasteiger partial charge in [-0.1, -0.05) is 30.3 Å². The van der Waals surface area contributed by atoms with Gasteiger partial charge in [0.1, 0.15) is 11.5 Å². The first-order chi connectivity index (χ1) is 12.7. The first kappa shape index (κ1) is 16.9. The summed E-state index contributed by atoms with van der Waals surface area (Å²) < 4.78 is 13.3. The minimum absolute atomic E-state index is 0.0667. The molecule has 0 N–H and O–H groups in total. The fraction of sp³-hybridized carbons (Fsp3) is 0.381. The Morgan fingerprint density at radius 3 is 2.65 bits per heavy atom. The van der Waals surface area contributed by atoms with Crippen molar-refractivity contribution < 1.29 is 13.9 Å². The molecule has 4 rings (SSSR count). The van der Waals surface area contributed by atoms with Crippen molar-refractivity contribution in [1.29, 1.82) is 0 Å². The van der Waals surface area contributed by atoms with E-state index < -0.39 is 0 Å². The Labute approximate surface area is 153 Å². The molecule has 1 fully saturated rings. The zero-order chi connectivity index (χ0) is 17.9. The number of fused-ring (bicyclic) bond motifs is 1. The molecule has 1 saturated heterocycles. The van der Waals surface area contributed by atoms with Crippen LogP contribution < -0.4 is 0 Å². The number of aryl methyl sites for hydroxylation is 3. The maximum Gasteiger partial charge on any atom is 0.270 e. The van der Waals surface area contributed by atoms with Crippen molar-refractivity contribution in [3.63, 3.8) is 0 Å². The van der Waals surface area contributed by atoms with E-state index in [1.54, 1.807) is 0 Å². The van der Waals surface area contributed by atoms with Crippen LogP contribution in [0.5, 0.6) is 0 Å². The predicted octanol–water partition coefficient (Wildman–Crippen LogP) is 3.65. The highest BCUT2D eigenvalue weighted by Gasteiger charge is 2.24. The van der Waals surface area contributed by atoms with Crippen LogP contribution in [0, 0.1) is 6.92 Å². The van der Waals surface area contributed by atoms with Gasteiger partial charge in [-0.05, 0) is 25.3 Å². The molecule has 0 aliphatic carbocycles. The van der Waals surface area contributed by atoms with E-state index in [9.17, 15) is 4.79 Å². The van der Waals surface area contributed by atoms with Crippen LogP contribution in [0.4, 0.5) is 0 Å². The number of aromatic nitrogens is 1. The van der Waals surface area contributed by atoms with E-state index in [1.165, 1.54) is 5.56 Å². The van der Waals surface area contributed by atoms with E-state index in [0.717, 1.165) is 36.2 Å². The molecule has 136 valence electrons. The summed E-state index contributed by atoms with van der Waals surface area (Å²) in [4.78, 5) is 14.9. The molecular weight excluding hydrogens is 328 g/mol. The van der Waals surface area contributed by atoms with Gasteiger partial charge in [-0.3, -0.25) is 4.79 Å². The van der Waals surface area contributed by atoms with E-state index in [2.05, 4.69) is 28.8 Å². The van der Waals surface area contributed by atoms with Crippen LogP contribution in [-0.2, 0) is 17.7 Å². The summed E-state index contributed by atoms with van der Waals surface area (Å²) in [5.74, 6) is 0.939. The van der Waals surface area contributed by atoms with Crippen molar-refractivity contribution >= 4 is 17.0 Å². The van der Waals surface area contributed by atoms with Crippen molar-refractivity contribution in [2.24, 2.45) is 0 Å². The summed E-state index contributed by atoms with van der Waals surface area (Å²) in [6.07, 6.45) is 1.96. The number of carbonyl (C=O) groups excluding carboxylic acids is 1. The van der Waals surface area contributed by atoms with E-state index in [4.69, 9.17) is 9.15 Å². The average molecular weight is 352 g/mol. The second-order valence-corrected chi connectivity index (χ2v) is 6.78. The molecule has 0 spiro atoms. The Morgan fingerprint density at radius 2 is 1.88 bits per heavy atom. The number of ether oxygens (including phenoxy) is 1. The Bertz CT molecular complexity index is 889. The lowest BCUT2D eigenvalue weighted by molar-refractivity contribution is 0.0296. The Morgan fingerprint density at radius 1 is 1.12 bits per heavy atom. The number of rotatable bonds is 5. The van der Waals surface area contributed by atoms with E-state index >= 15 is 0 Å². The number of benzene rings is 1. The van der Waals surface area contributed by atoms with Gasteiger partial charge in [0.15, 0.2) is 5.58 Å². The largest absolute Gasteiger partial charge is 0.460 e. The summed E-state index contributed by atoms with van der Waals surface area (Å²) >= 11 is 0. The third kappa shape index (κ3) is 3.40. The second kappa shape index (κ2) is 7.38. The summed E-state index contributed by atoms with van der Waals surface area (Å²) in [7, 11) is 0. The van der Waals surface area contributed by atoms with Gasteiger partial charge >= 0.3 is 0 Å². The second-order valence-electron chi connectivity index (χ2n) is 6.78. The average Bonchev–Trinajstić information content (AvgIpc) is 3.19. The number of hydrogen-bond acceptors (Lipinski definition) is 3. The molecule has 0 bridgehead atoms. The maximum absolute atomic E-state index is 13.0. The highest BCUT2D eigenvalue weighted by Crippen LogP contribution is 2.25. The Balaban J connectivity index is 1.57. The van der Waals surface area contributed by atoms with Gasteiger partial charge in [0.05, 0.1) is 18.7 Å². The van der Waals surface area contributed by atoms with Crippen LogP contribution in [0.15, 0.2) is 46.9 Å². The number of hydrogen-bond donors (Lipinski definition) is 0. The van der Waals surface area contributed by atoms with Crippen LogP contribution in [0.2, 0.25) is 0 Å². The first-order valence-corrected chi connectivity index (χ1v) is 9.23. The van der Waals surface area contributed by atoms with Crippen molar-refractivity contribution in [1.82, 2.24) is 9.47 Å². The number of carbonyl (C=O) groups is 1. The van der Waals surface area contributed by atoms with Gasteiger partial charge in [-0.15, -0.1) is 0 Å². The van der Waals surface area contributed by atoms with Gasteiger partial charge in [-0.2, -0.15) is 0 Å². The van der Waals surface area contributed by atoms with Crippen LogP contribution in [0.3, 0.4) is 0 Å². The molecule has 0 unspecified atom stereocenters. The third-order valence-electron chi connectivity index (χ3n) is 4.92. The normalized spacial score (nSPS) is 14.9. The zero-order valence-corrected chi connectivity index (χ0v) is 15.1. The molecule has 5 heteroatoms. The number of nitrogens with zero attached hydrogens (tertiary/aromatic N) is 2. The molecule has 1 amide bonds. The molecule has 1 aromatic carbocycles. The van der Waals surface area contributed by atoms with Crippen LogP contribution in [0.25, 0.3) is 11.1 Å². The lowest BCUT2D eigenvalue weighted by atomic mass is 10.1. The topological polar surface area (TPSA) is 47.6 Å². The lowest BCUT2D eigenvalue weighted by Crippen LogP contribution is -2.41. The molecule has 3 heterocycles. The molecule has 5 nitrogen and oxygen atoms in total. The van der Waals surface area contributed by atoms with Crippen molar-refractivity contribution in [3.8, 4) is 0 Å². The molecular formula is C21H24N2O3. The highest BCUT2D eigenvalue weighted by molar-refractivity contribution is 5.97. The van der Waals surface area contributed by atoms with Gasteiger partial charge in [0.25, 0.3) is 5.91 Å². The molecule has 3 aromatic rings. The summed E-state index contributed by atoms with van der Waals surface area (Å²) in [5, 5.41) is 0. The van der Waals surface area contributed by atoms with Crippen LogP contribution in [0.1, 0.15) is 28.2 Å². The highest BCUT2D eigenvalue weighted by atomic mass is 16.5. The van der Waals surface area contributed by atoms with Crippen molar-refractivity contribution in [3.05, 3.63) is 59.5 Å². The number of furan rings is 1. The van der Waals surface area contributed by atoms with Crippen molar-refractivity contribution in [2.45, 2.75) is 26.3 Å². The predicted molar refractivity (Wildman–Crippen MR) is 100 cm³/mol. The molecule has 26 heavy (non-hydrogen) atoms. The Hall–Kier alpha value is -2.53. The summed E-state index contributed by atoms with van der Waals surface area (Å²) in [5.41, 5.74) is 3.83. The van der Waals surface area contributed by atoms with Crippen molar-refractivity contribution in [2.75, 3.05) is 26.3 Å². The van der Waals surface area contributed by atoms with Gasteiger partial charge in [0.2, 0.25) is 0 Å². The fourth-order valence-electron chi connectivity index (χ4n) is 3.60. The lowest BCUT2D eigenvalue weighted by Gasteiger charge is -2.27. The van der Waals surface area contributed by atoms with E-state index in [1.807, 2.05) is 30.0 Å². The smallest absolute Gasteiger partial charge is 0.270 e. The molecule has 1 aliphatic rings. The monoisotopic (exact) mass is 352 g/mol. The standard InChI is InChI=1S/C21H24N2O3/c1-16-14-18-20(26-16)15-19(21(24)22-10-12-25-13-11-22)23(18)9-5-8-17-6-3-2-4-7-17/h2-4,6-7,14-15H,5,8-13H2,1H3. The molecule has 0 radical (unpaired) electrons. The van der Waals surface area contributed by atoms with Gasteiger partial charge < -0.3 is 18.6 Å². The minimum Gasteiger partial charge on any atom is -0.460 e. The third-order valence-corrected chi connectivity index (χ3v) is 4.92. The SMILES string of the molecule is Cc1cc2c(cc(C(=O)N3CCOCC3)n2CCCc2ccccc2)o1.